The third-order valence-corrected chi connectivity index (χ3v) is 4.92. The lowest BCUT2D eigenvalue weighted by molar-refractivity contribution is -0.146. The van der Waals surface area contributed by atoms with Crippen LogP contribution in [0.15, 0.2) is 54.6 Å². The van der Waals surface area contributed by atoms with Crippen LogP contribution in [0.2, 0.25) is 0 Å². The number of benzene rings is 2. The summed E-state index contributed by atoms with van der Waals surface area (Å²) in [6.07, 6.45) is 4.96. The van der Waals surface area contributed by atoms with Crippen LogP contribution in [-0.2, 0) is 14.3 Å². The van der Waals surface area contributed by atoms with Crippen molar-refractivity contribution in [3.05, 3.63) is 60.2 Å². The van der Waals surface area contributed by atoms with Gasteiger partial charge in [0.1, 0.15) is 6.54 Å². The van der Waals surface area contributed by atoms with Crippen LogP contribution in [0.4, 0.5) is 11.4 Å². The minimum Gasteiger partial charge on any atom is -0.454 e. The fraction of sp³-hybridized carbons (Fsp3) is 0.348. The summed E-state index contributed by atoms with van der Waals surface area (Å²) in [7, 11) is 0. The van der Waals surface area contributed by atoms with Crippen molar-refractivity contribution in [2.24, 2.45) is 0 Å². The number of nitrogens with zero attached hydrogens (tertiary/aromatic N) is 1. The lowest BCUT2D eigenvalue weighted by Gasteiger charge is -2.22. The number of nitrogens with one attached hydrogen (secondary N) is 2. The van der Waals surface area contributed by atoms with E-state index in [4.69, 9.17) is 4.74 Å². The average Bonchev–Trinajstić information content (AvgIpc) is 3.07. The molecule has 0 bridgehead atoms. The molecule has 1 fully saturated rings. The molecule has 0 spiro atoms. The Hall–Kier alpha value is -3.35. The molecule has 2 aromatic carbocycles. The van der Waals surface area contributed by atoms with Gasteiger partial charge >= 0.3 is 5.97 Å². The molecule has 1 aliphatic heterocycles. The zero-order valence-corrected chi connectivity index (χ0v) is 16.9. The van der Waals surface area contributed by atoms with Gasteiger partial charge in [0.25, 0.3) is 11.8 Å². The lowest BCUT2D eigenvalue weighted by atomic mass is 10.2. The molecule has 2 amide bonds. The molecular weight excluding hydrogens is 382 g/mol. The number of hydrogen-bond donors (Lipinski definition) is 2. The molecule has 3 rings (SSSR count). The van der Waals surface area contributed by atoms with Gasteiger partial charge < -0.3 is 20.3 Å². The second-order valence-corrected chi connectivity index (χ2v) is 7.21. The van der Waals surface area contributed by atoms with Gasteiger partial charge in [-0.1, -0.05) is 31.0 Å². The van der Waals surface area contributed by atoms with Crippen LogP contribution in [0, 0.1) is 0 Å². The second-order valence-electron chi connectivity index (χ2n) is 7.21. The summed E-state index contributed by atoms with van der Waals surface area (Å²) in [4.78, 5) is 38.0. The summed E-state index contributed by atoms with van der Waals surface area (Å²) in [6, 6.07) is 16.2. The average molecular weight is 409 g/mol. The van der Waals surface area contributed by atoms with Gasteiger partial charge in [-0.05, 0) is 49.2 Å². The number of amides is 2. The highest BCUT2D eigenvalue weighted by Gasteiger charge is 2.12. The highest BCUT2D eigenvalue weighted by molar-refractivity contribution is 5.96. The standard InChI is InChI=1S/C23H27N3O4/c27-21(17-30-22(28)16-24-23(29)18-8-4-3-5-9-18)25-19-10-12-20(13-11-19)26-14-6-1-2-7-15-26/h3-5,8-13H,1-2,6-7,14-17H2,(H,24,29)(H,25,27). The normalized spacial score (nSPS) is 13.8. The third kappa shape index (κ3) is 6.62. The summed E-state index contributed by atoms with van der Waals surface area (Å²) < 4.78 is 4.92. The van der Waals surface area contributed by atoms with Gasteiger partial charge in [-0.15, -0.1) is 0 Å². The SMILES string of the molecule is O=C(COC(=O)CNC(=O)c1ccccc1)Nc1ccc(N2CCCCCC2)cc1. The Bertz CT molecular complexity index is 845. The first-order chi connectivity index (χ1) is 14.6. The van der Waals surface area contributed by atoms with Crippen molar-refractivity contribution in [3.8, 4) is 0 Å². The van der Waals surface area contributed by atoms with Crippen molar-refractivity contribution in [2.45, 2.75) is 25.7 Å². The summed E-state index contributed by atoms with van der Waals surface area (Å²) in [5.74, 6) is -1.48. The Morgan fingerprint density at radius 1 is 0.867 bits per heavy atom. The van der Waals surface area contributed by atoms with Gasteiger partial charge in [0.2, 0.25) is 0 Å². The molecule has 0 saturated carbocycles. The lowest BCUT2D eigenvalue weighted by Crippen LogP contribution is -2.32. The predicted molar refractivity (Wildman–Crippen MR) is 115 cm³/mol. The Kier molecular flexibility index (Phi) is 7.83. The largest absolute Gasteiger partial charge is 0.454 e. The van der Waals surface area contributed by atoms with Crippen LogP contribution in [0.5, 0.6) is 0 Å². The monoisotopic (exact) mass is 409 g/mol. The van der Waals surface area contributed by atoms with Crippen LogP contribution < -0.4 is 15.5 Å². The van der Waals surface area contributed by atoms with E-state index in [2.05, 4.69) is 15.5 Å². The maximum absolute atomic E-state index is 12.0. The molecule has 7 heteroatoms. The number of hydrogen-bond acceptors (Lipinski definition) is 5. The van der Waals surface area contributed by atoms with Crippen LogP contribution in [0.3, 0.4) is 0 Å². The summed E-state index contributed by atoms with van der Waals surface area (Å²) in [5.41, 5.74) is 2.24. The van der Waals surface area contributed by atoms with Crippen molar-refractivity contribution >= 4 is 29.2 Å². The summed E-state index contributed by atoms with van der Waals surface area (Å²) in [5, 5.41) is 5.17. The van der Waals surface area contributed by atoms with Gasteiger partial charge in [-0.25, -0.2) is 0 Å². The van der Waals surface area contributed by atoms with E-state index in [0.29, 0.717) is 11.3 Å². The van der Waals surface area contributed by atoms with Crippen LogP contribution in [-0.4, -0.2) is 44.0 Å². The molecular formula is C23H27N3O4. The molecule has 1 aliphatic rings. The van der Waals surface area contributed by atoms with Gasteiger partial charge in [-0.2, -0.15) is 0 Å². The highest BCUT2D eigenvalue weighted by atomic mass is 16.5. The van der Waals surface area contributed by atoms with Gasteiger partial charge in [0, 0.05) is 30.0 Å². The molecule has 30 heavy (non-hydrogen) atoms. The fourth-order valence-electron chi connectivity index (χ4n) is 3.32. The quantitative estimate of drug-likeness (QED) is 0.687. The zero-order valence-electron chi connectivity index (χ0n) is 16.9. The first-order valence-electron chi connectivity index (χ1n) is 10.3. The molecule has 0 radical (unpaired) electrons. The van der Waals surface area contributed by atoms with Gasteiger partial charge in [0.05, 0.1) is 0 Å². The van der Waals surface area contributed by atoms with E-state index in [1.807, 2.05) is 24.3 Å². The Labute approximate surface area is 176 Å². The van der Waals surface area contributed by atoms with Crippen molar-refractivity contribution in [2.75, 3.05) is 36.5 Å². The molecule has 0 aromatic heterocycles. The Morgan fingerprint density at radius 3 is 2.20 bits per heavy atom. The van der Waals surface area contributed by atoms with Crippen molar-refractivity contribution < 1.29 is 19.1 Å². The zero-order chi connectivity index (χ0) is 21.2. The third-order valence-electron chi connectivity index (χ3n) is 4.92. The summed E-state index contributed by atoms with van der Waals surface area (Å²) >= 11 is 0. The van der Waals surface area contributed by atoms with Crippen LogP contribution in [0.25, 0.3) is 0 Å². The van der Waals surface area contributed by atoms with Crippen LogP contribution >= 0.6 is 0 Å². The van der Waals surface area contributed by atoms with Crippen molar-refractivity contribution in [1.82, 2.24) is 5.32 Å². The summed E-state index contributed by atoms with van der Waals surface area (Å²) in [6.45, 7) is 1.41. The molecule has 0 unspecified atom stereocenters. The van der Waals surface area contributed by atoms with E-state index in [1.165, 1.54) is 25.7 Å². The van der Waals surface area contributed by atoms with Crippen LogP contribution in [0.1, 0.15) is 36.0 Å². The molecule has 1 heterocycles. The van der Waals surface area contributed by atoms with E-state index in [9.17, 15) is 14.4 Å². The number of esters is 1. The number of carbonyl (C=O) groups excluding carboxylic acids is 3. The van der Waals surface area contributed by atoms with Crippen molar-refractivity contribution in [1.29, 1.82) is 0 Å². The van der Waals surface area contributed by atoms with Gasteiger partial charge in [0.15, 0.2) is 6.61 Å². The van der Waals surface area contributed by atoms with Crippen molar-refractivity contribution in [3.63, 3.8) is 0 Å². The number of anilines is 2. The highest BCUT2D eigenvalue weighted by Crippen LogP contribution is 2.21. The van der Waals surface area contributed by atoms with E-state index in [1.54, 1.807) is 30.3 Å². The second kappa shape index (κ2) is 11.0. The van der Waals surface area contributed by atoms with E-state index in [0.717, 1.165) is 18.8 Å². The topological polar surface area (TPSA) is 87.7 Å². The molecule has 0 atom stereocenters. The molecule has 0 aliphatic carbocycles. The molecule has 2 N–H and O–H groups in total. The fourth-order valence-corrected chi connectivity index (χ4v) is 3.32. The van der Waals surface area contributed by atoms with E-state index < -0.39 is 18.5 Å². The number of ether oxygens (including phenoxy) is 1. The van der Waals surface area contributed by atoms with Gasteiger partial charge in [-0.3, -0.25) is 14.4 Å². The molecule has 158 valence electrons. The molecule has 7 nitrogen and oxygen atoms in total. The minimum absolute atomic E-state index is 0.300. The Balaban J connectivity index is 1.38. The Morgan fingerprint density at radius 2 is 1.53 bits per heavy atom. The maximum Gasteiger partial charge on any atom is 0.325 e. The van der Waals surface area contributed by atoms with E-state index >= 15 is 0 Å². The molecule has 1 saturated heterocycles. The number of carbonyl (C=O) groups is 3. The maximum atomic E-state index is 12.0. The predicted octanol–water partition coefficient (Wildman–Crippen LogP) is 2.98. The minimum atomic E-state index is -0.675. The van der Waals surface area contributed by atoms with E-state index in [-0.39, 0.29) is 12.5 Å². The first-order valence-corrected chi connectivity index (χ1v) is 10.3. The first kappa shape index (κ1) is 21.4. The smallest absolute Gasteiger partial charge is 0.325 e. The molecule has 2 aromatic rings. The number of rotatable bonds is 7.